The average molecular weight is 418 g/mol. The van der Waals surface area contributed by atoms with Crippen LogP contribution in [0.2, 0.25) is 0 Å². The quantitative estimate of drug-likeness (QED) is 0.715. The predicted octanol–water partition coefficient (Wildman–Crippen LogP) is 4.32. The molecule has 4 heteroatoms. The maximum atomic E-state index is 9.99. The Bertz CT molecular complexity index is 647. The van der Waals surface area contributed by atoms with E-state index in [-0.39, 0.29) is 12.2 Å². The summed E-state index contributed by atoms with van der Waals surface area (Å²) in [4.78, 5) is 2.65. The van der Waals surface area contributed by atoms with Crippen molar-refractivity contribution in [1.29, 1.82) is 0 Å². The molecule has 0 unspecified atom stereocenters. The number of aliphatic hydroxyl groups excluding tert-OH is 2. The molecule has 2 N–H and O–H groups in total. The van der Waals surface area contributed by atoms with Crippen LogP contribution in [0.4, 0.5) is 0 Å². The van der Waals surface area contributed by atoms with Gasteiger partial charge in [-0.2, -0.15) is 0 Å². The summed E-state index contributed by atoms with van der Waals surface area (Å²) in [7, 11) is 0. The number of aliphatic hydroxyl groups is 2. The number of hydrogen-bond acceptors (Lipinski definition) is 4. The van der Waals surface area contributed by atoms with Gasteiger partial charge in [0.25, 0.3) is 0 Å². The topological polar surface area (TPSA) is 52.9 Å². The van der Waals surface area contributed by atoms with Crippen molar-refractivity contribution in [2.45, 2.75) is 90.4 Å². The van der Waals surface area contributed by atoms with Crippen LogP contribution in [-0.4, -0.2) is 59.7 Å². The average Bonchev–Trinajstić information content (AvgIpc) is 3.05. The smallest absolute Gasteiger partial charge is 0.0619 e. The fourth-order valence-electron chi connectivity index (χ4n) is 7.27. The van der Waals surface area contributed by atoms with E-state index in [1.165, 1.54) is 44.2 Å². The van der Waals surface area contributed by atoms with Crippen LogP contribution >= 0.6 is 0 Å². The largest absolute Gasteiger partial charge is 0.393 e. The minimum absolute atomic E-state index is 0.380. The number of morpholine rings is 1. The minimum atomic E-state index is -0.380. The molecule has 0 radical (unpaired) electrons. The van der Waals surface area contributed by atoms with Gasteiger partial charge in [0.05, 0.1) is 25.4 Å². The highest BCUT2D eigenvalue weighted by atomic mass is 16.5. The lowest BCUT2D eigenvalue weighted by molar-refractivity contribution is -0.0176. The van der Waals surface area contributed by atoms with Crippen molar-refractivity contribution >= 4 is 0 Å². The second kappa shape index (κ2) is 9.44. The van der Waals surface area contributed by atoms with E-state index in [0.717, 1.165) is 44.4 Å². The Kier molecular flexibility index (Phi) is 7.08. The van der Waals surface area contributed by atoms with Gasteiger partial charge in [-0.05, 0) is 81.5 Å². The van der Waals surface area contributed by atoms with Crippen molar-refractivity contribution < 1.29 is 14.9 Å². The van der Waals surface area contributed by atoms with Gasteiger partial charge in [-0.15, -0.1) is 0 Å². The van der Waals surface area contributed by atoms with Crippen molar-refractivity contribution in [3.05, 3.63) is 23.3 Å². The van der Waals surface area contributed by atoms with Gasteiger partial charge in [0, 0.05) is 19.1 Å². The first-order valence-corrected chi connectivity index (χ1v) is 12.4. The molecule has 30 heavy (non-hydrogen) atoms. The lowest BCUT2D eigenvalue weighted by Gasteiger charge is -2.46. The summed E-state index contributed by atoms with van der Waals surface area (Å²) >= 11 is 0. The summed E-state index contributed by atoms with van der Waals surface area (Å²) in [5, 5.41) is 20.0. The fourth-order valence-corrected chi connectivity index (χ4v) is 7.27. The Morgan fingerprint density at radius 2 is 1.97 bits per heavy atom. The highest BCUT2D eigenvalue weighted by molar-refractivity contribution is 5.26. The third kappa shape index (κ3) is 4.72. The summed E-state index contributed by atoms with van der Waals surface area (Å²) in [5.74, 6) is 2.23. The second-order valence-electron chi connectivity index (χ2n) is 11.0. The van der Waals surface area contributed by atoms with Crippen molar-refractivity contribution in [3.63, 3.8) is 0 Å². The molecule has 7 atom stereocenters. The Morgan fingerprint density at radius 1 is 1.20 bits per heavy atom. The molecule has 4 aliphatic rings. The highest BCUT2D eigenvalue weighted by Gasteiger charge is 2.50. The van der Waals surface area contributed by atoms with Crippen molar-refractivity contribution in [1.82, 2.24) is 4.90 Å². The van der Waals surface area contributed by atoms with E-state index < -0.39 is 0 Å². The molecule has 4 fully saturated rings. The van der Waals surface area contributed by atoms with Gasteiger partial charge in [0.2, 0.25) is 0 Å². The molecule has 0 bridgehead atoms. The fraction of sp³-hybridized carbons (Fsp3) is 0.846. The van der Waals surface area contributed by atoms with Gasteiger partial charge in [-0.25, -0.2) is 0 Å². The number of fused-ring (bicyclic) bond motifs is 1. The van der Waals surface area contributed by atoms with Crippen LogP contribution in [0.3, 0.4) is 0 Å². The highest BCUT2D eigenvalue weighted by Crippen LogP contribution is 2.59. The van der Waals surface area contributed by atoms with Crippen LogP contribution in [0.1, 0.15) is 72.1 Å². The van der Waals surface area contributed by atoms with E-state index >= 15 is 0 Å². The first-order chi connectivity index (χ1) is 14.4. The van der Waals surface area contributed by atoms with Crippen molar-refractivity contribution in [2.75, 3.05) is 26.3 Å². The molecule has 0 aromatic rings. The number of ether oxygens (including phenoxy) is 1. The molecule has 4 rings (SSSR count). The number of rotatable bonds is 4. The Morgan fingerprint density at radius 3 is 2.70 bits per heavy atom. The molecule has 4 nitrogen and oxygen atoms in total. The maximum absolute atomic E-state index is 9.99. The van der Waals surface area contributed by atoms with E-state index in [1.807, 2.05) is 0 Å². The van der Waals surface area contributed by atoms with Crippen LogP contribution in [0.15, 0.2) is 23.3 Å². The van der Waals surface area contributed by atoms with Gasteiger partial charge >= 0.3 is 0 Å². The lowest BCUT2D eigenvalue weighted by Crippen LogP contribution is -2.47. The molecule has 3 saturated carbocycles. The summed E-state index contributed by atoms with van der Waals surface area (Å²) in [6.07, 6.45) is 12.4. The summed E-state index contributed by atoms with van der Waals surface area (Å²) < 4.78 is 5.64. The molecule has 0 spiro atoms. The first-order valence-electron chi connectivity index (χ1n) is 12.4. The molecule has 1 aliphatic heterocycles. The molecule has 0 aromatic heterocycles. The Balaban J connectivity index is 1.45. The Labute approximate surface area is 183 Å². The molecule has 3 aliphatic carbocycles. The van der Waals surface area contributed by atoms with Crippen molar-refractivity contribution in [2.24, 2.45) is 23.2 Å². The lowest BCUT2D eigenvalue weighted by atomic mass is 9.61. The third-order valence-corrected chi connectivity index (χ3v) is 8.83. The van der Waals surface area contributed by atoms with Gasteiger partial charge in [0.1, 0.15) is 0 Å². The number of nitrogens with zero attached hydrogens (tertiary/aromatic N) is 1. The summed E-state index contributed by atoms with van der Waals surface area (Å²) in [6.45, 7) is 11.4. The van der Waals surface area contributed by atoms with Gasteiger partial charge < -0.3 is 14.9 Å². The van der Waals surface area contributed by atoms with E-state index in [9.17, 15) is 10.2 Å². The zero-order chi connectivity index (χ0) is 21.3. The number of allylic oxidation sites excluding steroid dienone is 3. The van der Waals surface area contributed by atoms with Crippen LogP contribution in [0.25, 0.3) is 0 Å². The molecule has 1 saturated heterocycles. The van der Waals surface area contributed by atoms with Crippen molar-refractivity contribution in [3.8, 4) is 0 Å². The van der Waals surface area contributed by atoms with Gasteiger partial charge in [0.15, 0.2) is 0 Å². The maximum Gasteiger partial charge on any atom is 0.0619 e. The van der Waals surface area contributed by atoms with E-state index in [1.54, 1.807) is 5.57 Å². The summed E-state index contributed by atoms with van der Waals surface area (Å²) in [6, 6.07) is 0.542. The minimum Gasteiger partial charge on any atom is -0.393 e. The number of hydrogen-bond donors (Lipinski definition) is 2. The van der Waals surface area contributed by atoms with Gasteiger partial charge in [-0.3, -0.25) is 4.90 Å². The summed E-state index contributed by atoms with van der Waals surface area (Å²) in [5.41, 5.74) is 3.26. The molecule has 0 amide bonds. The third-order valence-electron chi connectivity index (χ3n) is 8.83. The zero-order valence-corrected chi connectivity index (χ0v) is 19.4. The second-order valence-corrected chi connectivity index (χ2v) is 11.0. The molecule has 0 aromatic carbocycles. The standard InChI is InChI=1S/C26H43NO3/c1-18(16-27-11-12-30-17-19(27)2)24-8-9-25-21(5-4-10-26(24,25)3)7-6-20-13-22(28)15-23(29)14-20/h6-7,18-19,22-25,28-29H,4-5,8-17H2,1-3H3/b21-7+/t18-,19-,22-,23-,24-,25+,26-/m1/s1. The van der Waals surface area contributed by atoms with Crippen LogP contribution in [-0.2, 0) is 4.74 Å². The SMILES string of the molecule is C[C@H](CN1CCOC[C@H]1C)[C@H]1CC[C@H]2/C(=C/C=C3C[C@@H](O)C[C@H](O)C3)CCC[C@]12C. The van der Waals surface area contributed by atoms with E-state index in [0.29, 0.717) is 23.8 Å². The van der Waals surface area contributed by atoms with Gasteiger partial charge in [-0.1, -0.05) is 37.1 Å². The first kappa shape index (κ1) is 22.5. The van der Waals surface area contributed by atoms with Crippen LogP contribution in [0.5, 0.6) is 0 Å². The monoisotopic (exact) mass is 417 g/mol. The van der Waals surface area contributed by atoms with Crippen LogP contribution < -0.4 is 0 Å². The molecular formula is C26H43NO3. The van der Waals surface area contributed by atoms with Crippen LogP contribution in [0, 0.1) is 23.2 Å². The normalized spacial score (nSPS) is 42.9. The molecular weight excluding hydrogens is 374 g/mol. The Hall–Kier alpha value is -0.680. The predicted molar refractivity (Wildman–Crippen MR) is 121 cm³/mol. The molecule has 1 heterocycles. The zero-order valence-electron chi connectivity index (χ0n) is 19.4. The van der Waals surface area contributed by atoms with E-state index in [2.05, 4.69) is 37.8 Å². The molecule has 170 valence electrons. The van der Waals surface area contributed by atoms with E-state index in [4.69, 9.17) is 4.74 Å².